The van der Waals surface area contributed by atoms with Gasteiger partial charge in [-0.15, -0.1) is 0 Å². The van der Waals surface area contributed by atoms with Gasteiger partial charge < -0.3 is 19.2 Å². The molecule has 3 rings (SSSR count). The highest BCUT2D eigenvalue weighted by molar-refractivity contribution is 9.10. The van der Waals surface area contributed by atoms with E-state index >= 15 is 0 Å². The number of hydrogen-bond donors (Lipinski definition) is 1. The van der Waals surface area contributed by atoms with Gasteiger partial charge in [0.25, 0.3) is 0 Å². The highest BCUT2D eigenvalue weighted by Gasteiger charge is 2.25. The smallest absolute Gasteiger partial charge is 0.220 e. The lowest BCUT2D eigenvalue weighted by Gasteiger charge is -2.33. The molecule has 1 unspecified atom stereocenters. The lowest BCUT2D eigenvalue weighted by Crippen LogP contribution is -2.43. The highest BCUT2D eigenvalue weighted by atomic mass is 79.9. The lowest BCUT2D eigenvalue weighted by molar-refractivity contribution is -0.121. The standard InChI is InChI=1S/C21H27BrN2O4/c1-15-3-6-20(28-15)18(24-9-11-27-12-10-24)14-23-21(25)8-5-16-4-7-19(26-2)17(22)13-16/h3-4,6-7,13,18H,5,8-12,14H2,1-2H3,(H,23,25). The molecule has 1 aliphatic rings. The molecule has 0 radical (unpaired) electrons. The Morgan fingerprint density at radius 2 is 2.07 bits per heavy atom. The van der Waals surface area contributed by atoms with Crippen molar-refractivity contribution in [1.82, 2.24) is 10.2 Å². The molecule has 28 heavy (non-hydrogen) atoms. The molecule has 0 spiro atoms. The zero-order chi connectivity index (χ0) is 19.9. The Bertz CT molecular complexity index is 786. The molecule has 6 nitrogen and oxygen atoms in total. The van der Waals surface area contributed by atoms with E-state index in [1.807, 2.05) is 37.3 Å². The second-order valence-electron chi connectivity index (χ2n) is 6.89. The van der Waals surface area contributed by atoms with Crippen LogP contribution in [0.5, 0.6) is 5.75 Å². The van der Waals surface area contributed by atoms with Crippen LogP contribution in [0.4, 0.5) is 0 Å². The number of ether oxygens (including phenoxy) is 2. The Hall–Kier alpha value is -1.83. The summed E-state index contributed by atoms with van der Waals surface area (Å²) in [6, 6.07) is 9.87. The minimum Gasteiger partial charge on any atom is -0.496 e. The highest BCUT2D eigenvalue weighted by Crippen LogP contribution is 2.26. The SMILES string of the molecule is COc1ccc(CCC(=O)NCC(c2ccc(C)o2)N2CCOCC2)cc1Br. The van der Waals surface area contributed by atoms with Gasteiger partial charge >= 0.3 is 0 Å². The van der Waals surface area contributed by atoms with Crippen LogP contribution in [0.25, 0.3) is 0 Å². The van der Waals surface area contributed by atoms with E-state index in [4.69, 9.17) is 13.9 Å². The number of carbonyl (C=O) groups excluding carboxylic acids is 1. The summed E-state index contributed by atoms with van der Waals surface area (Å²) in [6.07, 6.45) is 1.11. The van der Waals surface area contributed by atoms with Crippen molar-refractivity contribution < 1.29 is 18.7 Å². The van der Waals surface area contributed by atoms with E-state index in [1.165, 1.54) is 0 Å². The van der Waals surface area contributed by atoms with Gasteiger partial charge in [-0.1, -0.05) is 6.07 Å². The molecule has 1 amide bonds. The number of amides is 1. The Labute approximate surface area is 174 Å². The van der Waals surface area contributed by atoms with E-state index in [-0.39, 0.29) is 11.9 Å². The van der Waals surface area contributed by atoms with Crippen LogP contribution in [0.3, 0.4) is 0 Å². The van der Waals surface area contributed by atoms with Crippen molar-refractivity contribution in [2.45, 2.75) is 25.8 Å². The van der Waals surface area contributed by atoms with E-state index < -0.39 is 0 Å². The number of halogens is 1. The van der Waals surface area contributed by atoms with Crippen LogP contribution in [0.2, 0.25) is 0 Å². The Morgan fingerprint density at radius 3 is 2.71 bits per heavy atom. The van der Waals surface area contributed by atoms with Gasteiger partial charge in [-0.05, 0) is 59.1 Å². The van der Waals surface area contributed by atoms with Gasteiger partial charge in [0, 0.05) is 26.1 Å². The Balaban J connectivity index is 1.55. The van der Waals surface area contributed by atoms with Gasteiger partial charge in [-0.2, -0.15) is 0 Å². The average Bonchev–Trinajstić information content (AvgIpc) is 3.13. The van der Waals surface area contributed by atoms with Crippen LogP contribution in [0.1, 0.15) is 29.5 Å². The summed E-state index contributed by atoms with van der Waals surface area (Å²) in [5.74, 6) is 2.59. The van der Waals surface area contributed by atoms with Crippen molar-refractivity contribution >= 4 is 21.8 Å². The van der Waals surface area contributed by atoms with Crippen molar-refractivity contribution in [3.8, 4) is 5.75 Å². The zero-order valence-corrected chi connectivity index (χ0v) is 18.0. The van der Waals surface area contributed by atoms with E-state index in [2.05, 4.69) is 26.1 Å². The van der Waals surface area contributed by atoms with Crippen molar-refractivity contribution in [1.29, 1.82) is 0 Å². The first kappa shape index (κ1) is 20.9. The molecule has 1 saturated heterocycles. The molecule has 1 aromatic heterocycles. The third-order valence-electron chi connectivity index (χ3n) is 4.93. The van der Waals surface area contributed by atoms with Gasteiger partial charge in [0.2, 0.25) is 5.91 Å². The Kier molecular flexibility index (Phi) is 7.53. The predicted molar refractivity (Wildman–Crippen MR) is 111 cm³/mol. The first-order valence-corrected chi connectivity index (χ1v) is 10.3. The summed E-state index contributed by atoms with van der Waals surface area (Å²) in [6.45, 7) is 5.54. The second kappa shape index (κ2) is 10.1. The van der Waals surface area contributed by atoms with E-state index in [0.29, 0.717) is 32.6 Å². The minimum absolute atomic E-state index is 0.0247. The van der Waals surface area contributed by atoms with Gasteiger partial charge in [-0.3, -0.25) is 9.69 Å². The fraction of sp³-hybridized carbons (Fsp3) is 0.476. The van der Waals surface area contributed by atoms with Crippen LogP contribution < -0.4 is 10.1 Å². The maximum atomic E-state index is 12.4. The van der Waals surface area contributed by atoms with E-state index in [9.17, 15) is 4.79 Å². The Morgan fingerprint density at radius 1 is 1.29 bits per heavy atom. The summed E-state index contributed by atoms with van der Waals surface area (Å²) in [4.78, 5) is 14.7. The van der Waals surface area contributed by atoms with Crippen LogP contribution in [0.15, 0.2) is 39.2 Å². The molecule has 0 bridgehead atoms. The van der Waals surface area contributed by atoms with E-state index in [0.717, 1.165) is 40.4 Å². The van der Waals surface area contributed by atoms with Crippen molar-refractivity contribution in [3.05, 3.63) is 51.9 Å². The predicted octanol–water partition coefficient (Wildman–Crippen LogP) is 3.48. The first-order valence-electron chi connectivity index (χ1n) is 9.54. The van der Waals surface area contributed by atoms with Crippen LogP contribution in [-0.4, -0.2) is 50.8 Å². The molecule has 1 N–H and O–H groups in total. The lowest BCUT2D eigenvalue weighted by atomic mass is 10.1. The van der Waals surface area contributed by atoms with Gasteiger partial charge in [0.1, 0.15) is 17.3 Å². The molecule has 0 saturated carbocycles. The number of rotatable bonds is 8. The monoisotopic (exact) mass is 450 g/mol. The number of carbonyl (C=O) groups is 1. The number of morpholine rings is 1. The molecule has 1 atom stereocenters. The zero-order valence-electron chi connectivity index (χ0n) is 16.4. The molecule has 1 aromatic carbocycles. The van der Waals surface area contributed by atoms with Gasteiger partial charge in [0.15, 0.2) is 0 Å². The average molecular weight is 451 g/mol. The third-order valence-corrected chi connectivity index (χ3v) is 5.55. The fourth-order valence-electron chi connectivity index (χ4n) is 3.35. The quantitative estimate of drug-likeness (QED) is 0.666. The number of methoxy groups -OCH3 is 1. The van der Waals surface area contributed by atoms with Crippen molar-refractivity contribution in [3.63, 3.8) is 0 Å². The number of hydrogen-bond acceptors (Lipinski definition) is 5. The van der Waals surface area contributed by atoms with Crippen molar-refractivity contribution in [2.75, 3.05) is 40.0 Å². The van der Waals surface area contributed by atoms with Crippen molar-refractivity contribution in [2.24, 2.45) is 0 Å². The maximum Gasteiger partial charge on any atom is 0.220 e. The molecule has 7 heteroatoms. The van der Waals surface area contributed by atoms with Crippen LogP contribution in [0, 0.1) is 6.92 Å². The number of nitrogens with one attached hydrogen (secondary N) is 1. The number of aryl methyl sites for hydroxylation is 2. The summed E-state index contributed by atoms with van der Waals surface area (Å²) in [7, 11) is 1.64. The van der Waals surface area contributed by atoms with Gasteiger partial charge in [0.05, 0.1) is 30.8 Å². The molecular weight excluding hydrogens is 424 g/mol. The number of benzene rings is 1. The summed E-state index contributed by atoms with van der Waals surface area (Å²) in [5, 5.41) is 3.08. The molecule has 0 aliphatic carbocycles. The molecule has 1 fully saturated rings. The minimum atomic E-state index is 0.0247. The molecule has 152 valence electrons. The first-order chi connectivity index (χ1) is 13.6. The molecule has 2 aromatic rings. The summed E-state index contributed by atoms with van der Waals surface area (Å²) in [5.41, 5.74) is 1.09. The van der Waals surface area contributed by atoms with E-state index in [1.54, 1.807) is 7.11 Å². The summed E-state index contributed by atoms with van der Waals surface area (Å²) < 4.78 is 17.4. The maximum absolute atomic E-state index is 12.4. The fourth-order valence-corrected chi connectivity index (χ4v) is 3.94. The number of nitrogens with zero attached hydrogens (tertiary/aromatic N) is 1. The molecular formula is C21H27BrN2O4. The van der Waals surface area contributed by atoms with Crippen LogP contribution in [-0.2, 0) is 16.0 Å². The summed E-state index contributed by atoms with van der Waals surface area (Å²) >= 11 is 3.48. The molecule has 1 aliphatic heterocycles. The van der Waals surface area contributed by atoms with Gasteiger partial charge in [-0.25, -0.2) is 0 Å². The number of furan rings is 1. The second-order valence-corrected chi connectivity index (χ2v) is 7.74. The third kappa shape index (κ3) is 5.59. The normalized spacial score (nSPS) is 16.0. The largest absolute Gasteiger partial charge is 0.496 e. The topological polar surface area (TPSA) is 63.9 Å². The molecule has 2 heterocycles. The van der Waals surface area contributed by atoms with Crippen LogP contribution >= 0.6 is 15.9 Å².